The number of carbonyl (C=O) groups excluding carboxylic acids is 1. The first-order valence-corrected chi connectivity index (χ1v) is 10.8. The van der Waals surface area contributed by atoms with Crippen LogP contribution in [0.2, 0.25) is 0 Å². The highest BCUT2D eigenvalue weighted by molar-refractivity contribution is 5.73. The molecule has 154 valence electrons. The van der Waals surface area contributed by atoms with Gasteiger partial charge in [-0.15, -0.1) is 0 Å². The standard InChI is InChI=1S/C25H27N3O2/c1-18(29)27-14-11-22(12-15-27)28-16-13-24-23(17-28)25(26-30-24)21-9-7-20(8-10-21)19-5-3-2-4-6-19/h2-10,22H,11-17H2,1H3. The minimum Gasteiger partial charge on any atom is -0.360 e. The van der Waals surface area contributed by atoms with E-state index < -0.39 is 0 Å². The van der Waals surface area contributed by atoms with Gasteiger partial charge in [-0.1, -0.05) is 59.8 Å². The van der Waals surface area contributed by atoms with E-state index in [4.69, 9.17) is 4.52 Å². The summed E-state index contributed by atoms with van der Waals surface area (Å²) in [6.07, 6.45) is 2.99. The molecular weight excluding hydrogens is 374 g/mol. The first-order valence-electron chi connectivity index (χ1n) is 10.8. The van der Waals surface area contributed by atoms with E-state index in [1.807, 2.05) is 11.0 Å². The number of rotatable bonds is 3. The molecule has 1 amide bonds. The molecule has 0 atom stereocenters. The number of amides is 1. The molecule has 0 saturated carbocycles. The van der Waals surface area contributed by atoms with E-state index in [2.05, 4.69) is 58.6 Å². The summed E-state index contributed by atoms with van der Waals surface area (Å²) < 4.78 is 5.71. The van der Waals surface area contributed by atoms with Crippen LogP contribution in [-0.2, 0) is 17.8 Å². The van der Waals surface area contributed by atoms with Gasteiger partial charge in [-0.3, -0.25) is 9.69 Å². The Morgan fingerprint density at radius 1 is 0.933 bits per heavy atom. The maximum Gasteiger partial charge on any atom is 0.219 e. The van der Waals surface area contributed by atoms with Gasteiger partial charge in [0.1, 0.15) is 11.5 Å². The fraction of sp³-hybridized carbons (Fsp3) is 0.360. The molecule has 2 aliphatic heterocycles. The van der Waals surface area contributed by atoms with Gasteiger partial charge in [0.15, 0.2) is 0 Å². The second-order valence-corrected chi connectivity index (χ2v) is 8.33. The Morgan fingerprint density at radius 3 is 2.30 bits per heavy atom. The van der Waals surface area contributed by atoms with Gasteiger partial charge in [0, 0.05) is 56.7 Å². The number of piperidine rings is 1. The molecule has 0 bridgehead atoms. The number of hydrogen-bond donors (Lipinski definition) is 0. The lowest BCUT2D eigenvalue weighted by Gasteiger charge is -2.39. The molecule has 1 aromatic heterocycles. The highest BCUT2D eigenvalue weighted by atomic mass is 16.5. The van der Waals surface area contributed by atoms with Crippen molar-refractivity contribution in [2.24, 2.45) is 0 Å². The number of aromatic nitrogens is 1. The second-order valence-electron chi connectivity index (χ2n) is 8.33. The molecule has 5 heteroatoms. The number of likely N-dealkylation sites (tertiary alicyclic amines) is 1. The fourth-order valence-corrected chi connectivity index (χ4v) is 4.77. The van der Waals surface area contributed by atoms with Gasteiger partial charge in [0.2, 0.25) is 5.91 Å². The van der Waals surface area contributed by atoms with Crippen molar-refractivity contribution in [3.05, 3.63) is 65.9 Å². The van der Waals surface area contributed by atoms with Crippen LogP contribution in [0.3, 0.4) is 0 Å². The van der Waals surface area contributed by atoms with E-state index in [1.54, 1.807) is 6.92 Å². The summed E-state index contributed by atoms with van der Waals surface area (Å²) >= 11 is 0. The Kier molecular flexibility index (Phi) is 5.13. The normalized spacial score (nSPS) is 17.7. The van der Waals surface area contributed by atoms with Crippen LogP contribution < -0.4 is 0 Å². The summed E-state index contributed by atoms with van der Waals surface area (Å²) in [4.78, 5) is 16.1. The van der Waals surface area contributed by atoms with Crippen LogP contribution in [0.5, 0.6) is 0 Å². The zero-order valence-electron chi connectivity index (χ0n) is 17.4. The minimum absolute atomic E-state index is 0.189. The largest absolute Gasteiger partial charge is 0.360 e. The number of hydrogen-bond acceptors (Lipinski definition) is 4. The van der Waals surface area contributed by atoms with E-state index in [0.717, 1.165) is 62.5 Å². The van der Waals surface area contributed by atoms with E-state index in [9.17, 15) is 4.79 Å². The van der Waals surface area contributed by atoms with Crippen molar-refractivity contribution in [2.45, 2.75) is 38.8 Å². The predicted molar refractivity (Wildman–Crippen MR) is 117 cm³/mol. The van der Waals surface area contributed by atoms with Crippen LogP contribution in [0.25, 0.3) is 22.4 Å². The molecule has 0 unspecified atom stereocenters. The van der Waals surface area contributed by atoms with Gasteiger partial charge in [-0.2, -0.15) is 0 Å². The smallest absolute Gasteiger partial charge is 0.219 e. The molecule has 5 rings (SSSR count). The van der Waals surface area contributed by atoms with Crippen LogP contribution in [0, 0.1) is 0 Å². The Balaban J connectivity index is 1.33. The summed E-state index contributed by atoms with van der Waals surface area (Å²) in [6, 6.07) is 19.5. The Bertz CT molecular complexity index is 1020. The molecule has 1 saturated heterocycles. The molecular formula is C25H27N3O2. The lowest BCUT2D eigenvalue weighted by atomic mass is 9.96. The minimum atomic E-state index is 0.189. The van der Waals surface area contributed by atoms with Crippen LogP contribution in [0.15, 0.2) is 59.1 Å². The molecule has 3 aromatic rings. The van der Waals surface area contributed by atoms with Crippen molar-refractivity contribution in [2.75, 3.05) is 19.6 Å². The molecule has 0 spiro atoms. The fourth-order valence-electron chi connectivity index (χ4n) is 4.77. The van der Waals surface area contributed by atoms with Crippen LogP contribution in [0.1, 0.15) is 31.1 Å². The van der Waals surface area contributed by atoms with Gasteiger partial charge < -0.3 is 9.42 Å². The molecule has 0 aliphatic carbocycles. The van der Waals surface area contributed by atoms with Gasteiger partial charge in [-0.05, 0) is 24.0 Å². The summed E-state index contributed by atoms with van der Waals surface area (Å²) in [5, 5.41) is 4.43. The lowest BCUT2D eigenvalue weighted by Crippen LogP contribution is -2.47. The van der Waals surface area contributed by atoms with E-state index in [1.165, 1.54) is 16.7 Å². The third-order valence-electron chi connectivity index (χ3n) is 6.55. The van der Waals surface area contributed by atoms with Crippen LogP contribution in [-0.4, -0.2) is 46.5 Å². The van der Waals surface area contributed by atoms with E-state index in [-0.39, 0.29) is 5.91 Å². The molecule has 2 aliphatic rings. The number of benzene rings is 2. The maximum atomic E-state index is 11.6. The monoisotopic (exact) mass is 401 g/mol. The third-order valence-corrected chi connectivity index (χ3v) is 6.55. The second kappa shape index (κ2) is 8.07. The summed E-state index contributed by atoms with van der Waals surface area (Å²) in [7, 11) is 0. The Labute approximate surface area is 177 Å². The first-order chi connectivity index (χ1) is 14.7. The summed E-state index contributed by atoms with van der Waals surface area (Å²) in [6.45, 7) is 5.26. The van der Waals surface area contributed by atoms with Gasteiger partial charge >= 0.3 is 0 Å². The van der Waals surface area contributed by atoms with Gasteiger partial charge in [0.25, 0.3) is 0 Å². The molecule has 2 aromatic carbocycles. The average molecular weight is 402 g/mol. The predicted octanol–water partition coefficient (Wildman–Crippen LogP) is 4.38. The zero-order valence-corrected chi connectivity index (χ0v) is 17.4. The lowest BCUT2D eigenvalue weighted by molar-refractivity contribution is -0.130. The van der Waals surface area contributed by atoms with Crippen molar-refractivity contribution in [3.8, 4) is 22.4 Å². The number of fused-ring (bicyclic) bond motifs is 1. The Hall–Kier alpha value is -2.92. The van der Waals surface area contributed by atoms with Crippen molar-refractivity contribution < 1.29 is 9.32 Å². The highest BCUT2D eigenvalue weighted by Crippen LogP contribution is 2.33. The maximum absolute atomic E-state index is 11.6. The van der Waals surface area contributed by atoms with Crippen LogP contribution in [0.4, 0.5) is 0 Å². The van der Waals surface area contributed by atoms with Crippen LogP contribution >= 0.6 is 0 Å². The zero-order chi connectivity index (χ0) is 20.5. The molecule has 3 heterocycles. The van der Waals surface area contributed by atoms with Crippen molar-refractivity contribution in [1.82, 2.24) is 15.0 Å². The first kappa shape index (κ1) is 19.1. The molecule has 5 nitrogen and oxygen atoms in total. The van der Waals surface area contributed by atoms with E-state index >= 15 is 0 Å². The van der Waals surface area contributed by atoms with Crippen molar-refractivity contribution >= 4 is 5.91 Å². The molecule has 0 radical (unpaired) electrons. The number of nitrogens with zero attached hydrogens (tertiary/aromatic N) is 3. The SMILES string of the molecule is CC(=O)N1CCC(N2CCc3onc(-c4ccc(-c5ccccc5)cc4)c3C2)CC1. The number of carbonyl (C=O) groups is 1. The molecule has 1 fully saturated rings. The molecule has 0 N–H and O–H groups in total. The third kappa shape index (κ3) is 3.65. The van der Waals surface area contributed by atoms with Crippen molar-refractivity contribution in [3.63, 3.8) is 0 Å². The summed E-state index contributed by atoms with van der Waals surface area (Å²) in [5.41, 5.74) is 5.72. The Morgan fingerprint density at radius 2 is 1.60 bits per heavy atom. The van der Waals surface area contributed by atoms with Gasteiger partial charge in [-0.25, -0.2) is 0 Å². The quantitative estimate of drug-likeness (QED) is 0.654. The van der Waals surface area contributed by atoms with E-state index in [0.29, 0.717) is 6.04 Å². The molecule has 30 heavy (non-hydrogen) atoms. The summed E-state index contributed by atoms with van der Waals surface area (Å²) in [5.74, 6) is 1.21. The topological polar surface area (TPSA) is 49.6 Å². The highest BCUT2D eigenvalue weighted by Gasteiger charge is 2.31. The van der Waals surface area contributed by atoms with Gasteiger partial charge in [0.05, 0.1) is 0 Å². The average Bonchev–Trinajstić information content (AvgIpc) is 3.23. The van der Waals surface area contributed by atoms with Crippen molar-refractivity contribution in [1.29, 1.82) is 0 Å².